The van der Waals surface area contributed by atoms with Crippen molar-refractivity contribution in [2.45, 2.75) is 40.5 Å². The molecule has 2 aromatic rings. The van der Waals surface area contributed by atoms with Crippen LogP contribution in [0.1, 0.15) is 46.1 Å². The fourth-order valence-electron chi connectivity index (χ4n) is 2.74. The number of hydrogen-bond donors (Lipinski definition) is 1. The minimum atomic E-state index is 0.365. The Bertz CT molecular complexity index is 889. The molecule has 8 nitrogen and oxygen atoms in total. The molecule has 0 aliphatic rings. The van der Waals surface area contributed by atoms with Gasteiger partial charge in [-0.05, 0) is 44.2 Å². The van der Waals surface area contributed by atoms with E-state index in [1.807, 2.05) is 89.2 Å². The molecule has 0 radical (unpaired) electrons. The zero-order chi connectivity index (χ0) is 27.8. The molecule has 0 atom stereocenters. The maximum absolute atomic E-state index is 10.8. The molecule has 0 saturated heterocycles. The van der Waals surface area contributed by atoms with E-state index >= 15 is 0 Å². The average Bonchev–Trinajstić information content (AvgIpc) is 2.94. The maximum Gasteiger partial charge on any atom is 0.298 e. The lowest BCUT2D eigenvalue weighted by Gasteiger charge is -2.25. The van der Waals surface area contributed by atoms with Gasteiger partial charge in [0.05, 0.1) is 12.8 Å². The number of nitrogens with one attached hydrogen (secondary N) is 1. The molecule has 0 aliphatic heterocycles. The lowest BCUT2D eigenvalue weighted by molar-refractivity contribution is -0.120. The van der Waals surface area contributed by atoms with E-state index in [1.54, 1.807) is 20.3 Å². The molecular weight excluding hydrogens is 460 g/mol. The Morgan fingerprint density at radius 2 is 1.56 bits per heavy atom. The summed E-state index contributed by atoms with van der Waals surface area (Å²) in [5.74, 6) is 1.30. The van der Waals surface area contributed by atoms with Gasteiger partial charge in [0.1, 0.15) is 24.1 Å². The zero-order valence-corrected chi connectivity index (χ0v) is 22.9. The van der Waals surface area contributed by atoms with E-state index in [-0.39, 0.29) is 0 Å². The lowest BCUT2D eigenvalue weighted by atomic mass is 10.1. The molecule has 8 heteroatoms. The Morgan fingerprint density at radius 1 is 0.972 bits per heavy atom. The third-order valence-electron chi connectivity index (χ3n) is 4.50. The minimum absolute atomic E-state index is 0.365. The number of para-hydroxylation sites is 1. The van der Waals surface area contributed by atoms with Gasteiger partial charge >= 0.3 is 0 Å². The SMILES string of the molecule is C/C=C(\c1ccccc1OC=O)N(C)c1ccc(OC)c(NC)c1.CC.CCOC.O=CCCC=O. The number of aldehydes is 2. The predicted octanol–water partition coefficient (Wildman–Crippen LogP) is 5.61. The first kappa shape index (κ1) is 34.5. The molecule has 0 unspecified atom stereocenters. The first-order chi connectivity index (χ1) is 17.5. The van der Waals surface area contributed by atoms with E-state index in [4.69, 9.17) is 9.47 Å². The molecule has 1 N–H and O–H groups in total. The van der Waals surface area contributed by atoms with Crippen molar-refractivity contribution in [3.05, 3.63) is 54.1 Å². The fourth-order valence-corrected chi connectivity index (χ4v) is 2.74. The second-order valence-electron chi connectivity index (χ2n) is 6.57. The van der Waals surface area contributed by atoms with Crippen LogP contribution in [0.2, 0.25) is 0 Å². The largest absolute Gasteiger partial charge is 0.495 e. The van der Waals surface area contributed by atoms with Crippen LogP contribution in [0.5, 0.6) is 11.5 Å². The topological polar surface area (TPSA) is 94.2 Å². The third kappa shape index (κ3) is 12.7. The van der Waals surface area contributed by atoms with Crippen molar-refractivity contribution in [2.24, 2.45) is 0 Å². The number of anilines is 2. The number of carbonyl (C=O) groups is 3. The quantitative estimate of drug-likeness (QED) is 0.313. The number of unbranched alkanes of at least 4 members (excludes halogenated alkanes) is 1. The predicted molar refractivity (Wildman–Crippen MR) is 148 cm³/mol. The summed E-state index contributed by atoms with van der Waals surface area (Å²) in [6.07, 6.45) is 4.17. The average molecular weight is 503 g/mol. The van der Waals surface area contributed by atoms with Crippen LogP contribution in [0.15, 0.2) is 48.5 Å². The van der Waals surface area contributed by atoms with Crippen molar-refractivity contribution in [2.75, 3.05) is 45.1 Å². The Balaban J connectivity index is 0. The molecule has 0 saturated carbocycles. The van der Waals surface area contributed by atoms with E-state index in [1.165, 1.54) is 0 Å². The van der Waals surface area contributed by atoms with Crippen LogP contribution in [-0.4, -0.2) is 54.0 Å². The van der Waals surface area contributed by atoms with E-state index < -0.39 is 0 Å². The summed E-state index contributed by atoms with van der Waals surface area (Å²) in [4.78, 5) is 31.6. The van der Waals surface area contributed by atoms with Gasteiger partial charge in [-0.3, -0.25) is 4.79 Å². The van der Waals surface area contributed by atoms with Crippen molar-refractivity contribution in [3.8, 4) is 11.5 Å². The molecule has 0 bridgehead atoms. The molecule has 36 heavy (non-hydrogen) atoms. The van der Waals surface area contributed by atoms with Gasteiger partial charge in [0.15, 0.2) is 0 Å². The first-order valence-electron chi connectivity index (χ1n) is 11.8. The Kier molecular flexibility index (Phi) is 22.2. The molecule has 0 amide bonds. The van der Waals surface area contributed by atoms with Crippen LogP contribution in [0.3, 0.4) is 0 Å². The minimum Gasteiger partial charge on any atom is -0.495 e. The summed E-state index contributed by atoms with van der Waals surface area (Å²) >= 11 is 0. The van der Waals surface area contributed by atoms with Gasteiger partial charge in [-0.2, -0.15) is 0 Å². The normalized spacial score (nSPS) is 9.50. The van der Waals surface area contributed by atoms with Gasteiger partial charge in [0.25, 0.3) is 6.47 Å². The molecule has 0 heterocycles. The highest BCUT2D eigenvalue weighted by Crippen LogP contribution is 2.34. The highest BCUT2D eigenvalue weighted by Gasteiger charge is 2.15. The van der Waals surface area contributed by atoms with Crippen molar-refractivity contribution in [1.29, 1.82) is 0 Å². The molecular formula is C28H42N2O6. The van der Waals surface area contributed by atoms with Crippen LogP contribution >= 0.6 is 0 Å². The second-order valence-corrected chi connectivity index (χ2v) is 6.57. The van der Waals surface area contributed by atoms with Gasteiger partial charge < -0.3 is 34.0 Å². The number of hydrogen-bond acceptors (Lipinski definition) is 8. The number of allylic oxidation sites excluding steroid dienone is 1. The fraction of sp³-hybridized carbons (Fsp3) is 0.393. The van der Waals surface area contributed by atoms with E-state index in [9.17, 15) is 14.4 Å². The molecule has 2 aromatic carbocycles. The van der Waals surface area contributed by atoms with E-state index in [2.05, 4.69) is 10.1 Å². The van der Waals surface area contributed by atoms with Crippen molar-refractivity contribution < 1.29 is 28.6 Å². The van der Waals surface area contributed by atoms with Crippen LogP contribution in [0.25, 0.3) is 5.70 Å². The van der Waals surface area contributed by atoms with Gasteiger partial charge in [-0.1, -0.05) is 32.1 Å². The number of methoxy groups -OCH3 is 2. The maximum atomic E-state index is 10.8. The number of ether oxygens (including phenoxy) is 3. The van der Waals surface area contributed by atoms with Crippen LogP contribution < -0.4 is 19.7 Å². The number of rotatable bonds is 11. The summed E-state index contributed by atoms with van der Waals surface area (Å²) in [5, 5.41) is 3.13. The van der Waals surface area contributed by atoms with Crippen molar-refractivity contribution in [1.82, 2.24) is 0 Å². The molecule has 200 valence electrons. The summed E-state index contributed by atoms with van der Waals surface area (Å²) in [6, 6.07) is 13.3. The van der Waals surface area contributed by atoms with E-state index in [0.717, 1.165) is 47.6 Å². The summed E-state index contributed by atoms with van der Waals surface area (Å²) in [6.45, 7) is 9.17. The Hall–Kier alpha value is -3.65. The third-order valence-corrected chi connectivity index (χ3v) is 4.50. The van der Waals surface area contributed by atoms with Gasteiger partial charge in [-0.25, -0.2) is 0 Å². The standard InChI is InChI=1S/C19H22N2O3.C4H6O2.C3H8O.C2H6/c1-5-17(15-8-6-7-9-18(15)24-13-22)21(3)14-10-11-19(23-4)16(12-14)20-2;5-3-1-2-4-6;1-3-4-2;1-2/h5-13,20H,1-4H3;3-4H,1-2H2;3H2,1-2H3;1-2H3/b17-5+;;;. The van der Waals surface area contributed by atoms with Gasteiger partial charge in [0, 0.05) is 57.6 Å². The molecule has 2 rings (SSSR count). The summed E-state index contributed by atoms with van der Waals surface area (Å²) in [5.41, 5.74) is 3.65. The van der Waals surface area contributed by atoms with Gasteiger partial charge in [0.2, 0.25) is 0 Å². The second kappa shape index (κ2) is 23.1. The number of nitrogens with zero attached hydrogens (tertiary/aromatic N) is 1. The monoisotopic (exact) mass is 502 g/mol. The van der Waals surface area contributed by atoms with Crippen LogP contribution in [0.4, 0.5) is 11.4 Å². The molecule has 0 fully saturated rings. The molecule has 0 aromatic heterocycles. The van der Waals surface area contributed by atoms with Crippen LogP contribution in [-0.2, 0) is 19.1 Å². The number of carbonyl (C=O) groups excluding carboxylic acids is 3. The first-order valence-corrected chi connectivity index (χ1v) is 11.8. The Labute approximate surface area is 216 Å². The number of benzene rings is 2. The van der Waals surface area contributed by atoms with E-state index in [0.29, 0.717) is 25.1 Å². The van der Waals surface area contributed by atoms with Crippen molar-refractivity contribution in [3.63, 3.8) is 0 Å². The highest BCUT2D eigenvalue weighted by molar-refractivity contribution is 5.83. The zero-order valence-electron chi connectivity index (χ0n) is 22.9. The molecule has 0 aliphatic carbocycles. The Morgan fingerprint density at radius 3 is 2.00 bits per heavy atom. The molecule has 0 spiro atoms. The lowest BCUT2D eigenvalue weighted by Crippen LogP contribution is -2.16. The highest BCUT2D eigenvalue weighted by atomic mass is 16.5. The summed E-state index contributed by atoms with van der Waals surface area (Å²) in [7, 11) is 7.14. The van der Waals surface area contributed by atoms with Crippen molar-refractivity contribution >= 4 is 36.1 Å². The van der Waals surface area contributed by atoms with Gasteiger partial charge in [-0.15, -0.1) is 0 Å². The summed E-state index contributed by atoms with van der Waals surface area (Å²) < 4.78 is 15.0. The smallest absolute Gasteiger partial charge is 0.298 e. The van der Waals surface area contributed by atoms with Crippen LogP contribution in [0, 0.1) is 0 Å².